The van der Waals surface area contributed by atoms with Gasteiger partial charge in [0.1, 0.15) is 0 Å². The second kappa shape index (κ2) is 22.6. The number of carbonyl (C=O) groups is 3. The van der Waals surface area contributed by atoms with Crippen LogP contribution >= 0.6 is 0 Å². The van der Waals surface area contributed by atoms with E-state index >= 15 is 0 Å². The first-order valence-electron chi connectivity index (χ1n) is 22.4. The number of carbonyl (C=O) groups excluding carboxylic acids is 3. The monoisotopic (exact) mass is 819 g/mol. The minimum absolute atomic E-state index is 0.0432. The van der Waals surface area contributed by atoms with E-state index in [2.05, 4.69) is 71.3 Å². The quantitative estimate of drug-likeness (QED) is 0.0481. The standard InChI is InChI=1S/C46H82N2O8Si/c1-13-16-37(50)28-39-22-20-32(3)41(53-39)29-43(51)48-30-42(56-57(11,12)45(8,9)10)35(6)44(52)47-26-15-18-40-33(4)23-25-46(55-40)24-14-17-38(54-46)21-19-31(2)27-34(5)36(7)49/h13,16,27,31-33,35-36,38-42,49H,14-15,17-26,28-30H2,1-12H3,(H,47,52)(H,48,51)/b16-13+,34-27+/t31-,32+,33-,35+,36-,38-,39+,40+,41+,42-,46-/m0/s1. The maximum Gasteiger partial charge on any atom is 0.225 e. The summed E-state index contributed by atoms with van der Waals surface area (Å²) in [6.07, 6.45) is 15.4. The van der Waals surface area contributed by atoms with Crippen LogP contribution in [-0.4, -0.2) is 86.5 Å². The van der Waals surface area contributed by atoms with Crippen molar-refractivity contribution in [2.75, 3.05) is 13.1 Å². The molecule has 3 heterocycles. The van der Waals surface area contributed by atoms with Gasteiger partial charge in [-0.15, -0.1) is 0 Å². The molecule has 0 aromatic carbocycles. The Kier molecular flexibility index (Phi) is 19.6. The zero-order chi connectivity index (χ0) is 42.6. The summed E-state index contributed by atoms with van der Waals surface area (Å²) < 4.78 is 26.6. The second-order valence-electron chi connectivity index (χ2n) is 19.5. The summed E-state index contributed by atoms with van der Waals surface area (Å²) in [5.74, 6) is -0.138. The Hall–Kier alpha value is -1.89. The number of ether oxygens (including phenoxy) is 3. The third-order valence-electron chi connectivity index (χ3n) is 13.4. The summed E-state index contributed by atoms with van der Waals surface area (Å²) in [4.78, 5) is 39.2. The van der Waals surface area contributed by atoms with E-state index < -0.39 is 32.2 Å². The van der Waals surface area contributed by atoms with E-state index in [0.29, 0.717) is 24.8 Å². The normalized spacial score (nSPS) is 29.8. The minimum Gasteiger partial charge on any atom is -0.411 e. The number of rotatable bonds is 20. The summed E-state index contributed by atoms with van der Waals surface area (Å²) in [7, 11) is -2.28. The number of allylic oxidation sites excluding steroid dienone is 3. The van der Waals surface area contributed by atoms with Gasteiger partial charge in [-0.2, -0.15) is 0 Å². The van der Waals surface area contributed by atoms with E-state index in [1.165, 1.54) is 0 Å². The number of hydrogen-bond donors (Lipinski definition) is 3. The number of nitrogens with one attached hydrogen (secondary N) is 2. The summed E-state index contributed by atoms with van der Waals surface area (Å²) in [5, 5.41) is 16.1. The molecule has 10 nitrogen and oxygen atoms in total. The minimum atomic E-state index is -2.28. The molecule has 11 atom stereocenters. The van der Waals surface area contributed by atoms with Gasteiger partial charge in [0, 0.05) is 32.4 Å². The fourth-order valence-electron chi connectivity index (χ4n) is 8.19. The van der Waals surface area contributed by atoms with Crippen LogP contribution in [0.3, 0.4) is 0 Å². The van der Waals surface area contributed by atoms with Gasteiger partial charge in [0.2, 0.25) is 11.8 Å². The Labute approximate surface area is 347 Å². The molecule has 0 radical (unpaired) electrons. The van der Waals surface area contributed by atoms with E-state index in [-0.39, 0.29) is 65.9 Å². The van der Waals surface area contributed by atoms with Crippen LogP contribution in [0.5, 0.6) is 0 Å². The third kappa shape index (κ3) is 15.9. The molecule has 3 fully saturated rings. The zero-order valence-electron chi connectivity index (χ0n) is 37.9. The Bertz CT molecular complexity index is 1340. The average molecular weight is 819 g/mol. The Balaban J connectivity index is 1.53. The number of ketones is 1. The van der Waals surface area contributed by atoms with Gasteiger partial charge in [0.15, 0.2) is 19.9 Å². The van der Waals surface area contributed by atoms with Crippen LogP contribution in [-0.2, 0) is 33.0 Å². The Morgan fingerprint density at radius 3 is 2.30 bits per heavy atom. The molecule has 0 aromatic rings. The molecule has 3 aliphatic heterocycles. The molecular formula is C46H82N2O8Si. The molecule has 0 aliphatic carbocycles. The number of hydrogen-bond acceptors (Lipinski definition) is 8. The Morgan fingerprint density at radius 1 is 0.930 bits per heavy atom. The first-order chi connectivity index (χ1) is 26.6. The molecule has 11 heteroatoms. The van der Waals surface area contributed by atoms with Gasteiger partial charge in [0.25, 0.3) is 0 Å². The van der Waals surface area contributed by atoms with Crippen LogP contribution < -0.4 is 10.6 Å². The van der Waals surface area contributed by atoms with Crippen LogP contribution in [0, 0.1) is 23.7 Å². The van der Waals surface area contributed by atoms with Gasteiger partial charge in [-0.05, 0) is 126 Å². The maximum atomic E-state index is 13.7. The molecule has 0 unspecified atom stereocenters. The topological polar surface area (TPSA) is 132 Å². The predicted molar refractivity (Wildman–Crippen MR) is 231 cm³/mol. The summed E-state index contributed by atoms with van der Waals surface area (Å²) >= 11 is 0. The number of amides is 2. The molecular weight excluding hydrogens is 737 g/mol. The molecule has 0 bridgehead atoms. The van der Waals surface area contributed by atoms with Crippen molar-refractivity contribution >= 4 is 25.9 Å². The number of aliphatic hydroxyl groups is 1. The smallest absolute Gasteiger partial charge is 0.225 e. The molecule has 2 amide bonds. The molecule has 3 saturated heterocycles. The van der Waals surface area contributed by atoms with Crippen molar-refractivity contribution in [3.8, 4) is 0 Å². The first kappa shape index (κ1) is 49.5. The maximum absolute atomic E-state index is 13.7. The SMILES string of the molecule is C/C=C/C(=O)C[C@H]1CC[C@@H](C)[C@@H](CC(=O)NC[C@H](O[Si](C)(C)C(C)(C)C)[C@@H](C)C(=O)NCCC[C@H]2O[C@@]3(CCC[C@@H](CC[C@H](C)/C=C(\C)[C@H](C)O)O3)CC[C@@H]2C)O1. The fourth-order valence-corrected chi connectivity index (χ4v) is 9.59. The van der Waals surface area contributed by atoms with E-state index in [9.17, 15) is 19.5 Å². The molecule has 0 saturated carbocycles. The van der Waals surface area contributed by atoms with Crippen LogP contribution in [0.1, 0.15) is 153 Å². The average Bonchev–Trinajstić information content (AvgIpc) is 3.13. The van der Waals surface area contributed by atoms with E-state index in [1.54, 1.807) is 12.2 Å². The van der Waals surface area contributed by atoms with Crippen molar-refractivity contribution in [3.63, 3.8) is 0 Å². The summed E-state index contributed by atoms with van der Waals surface area (Å²) in [5.41, 5.74) is 1.02. The Morgan fingerprint density at radius 2 is 1.63 bits per heavy atom. The lowest BCUT2D eigenvalue weighted by molar-refractivity contribution is -0.324. The van der Waals surface area contributed by atoms with Crippen LogP contribution in [0.25, 0.3) is 0 Å². The second-order valence-corrected chi connectivity index (χ2v) is 24.3. The van der Waals surface area contributed by atoms with Crippen molar-refractivity contribution in [1.29, 1.82) is 0 Å². The molecule has 3 rings (SSSR count). The molecule has 1 spiro atoms. The van der Waals surface area contributed by atoms with Crippen molar-refractivity contribution in [3.05, 3.63) is 23.8 Å². The van der Waals surface area contributed by atoms with E-state index in [4.69, 9.17) is 18.6 Å². The van der Waals surface area contributed by atoms with Crippen LogP contribution in [0.2, 0.25) is 18.1 Å². The van der Waals surface area contributed by atoms with E-state index in [0.717, 1.165) is 76.2 Å². The highest BCUT2D eigenvalue weighted by Gasteiger charge is 2.45. The first-order valence-corrected chi connectivity index (χ1v) is 25.3. The van der Waals surface area contributed by atoms with Gasteiger partial charge in [-0.1, -0.05) is 60.6 Å². The van der Waals surface area contributed by atoms with Gasteiger partial charge in [0.05, 0.1) is 49.0 Å². The van der Waals surface area contributed by atoms with Crippen molar-refractivity contribution < 1.29 is 38.1 Å². The zero-order valence-corrected chi connectivity index (χ0v) is 38.9. The highest BCUT2D eigenvalue weighted by Crippen LogP contribution is 2.43. The van der Waals surface area contributed by atoms with Gasteiger partial charge >= 0.3 is 0 Å². The lowest BCUT2D eigenvalue weighted by atomic mass is 9.85. The largest absolute Gasteiger partial charge is 0.411 e. The fraction of sp³-hybridized carbons (Fsp3) is 0.848. The molecule has 3 N–H and O–H groups in total. The molecule has 3 aliphatic rings. The molecule has 57 heavy (non-hydrogen) atoms. The van der Waals surface area contributed by atoms with Crippen molar-refractivity contribution in [1.82, 2.24) is 10.6 Å². The number of aliphatic hydroxyl groups excluding tert-OH is 1. The van der Waals surface area contributed by atoms with Gasteiger partial charge in [-0.3, -0.25) is 14.4 Å². The molecule has 0 aromatic heterocycles. The lowest BCUT2D eigenvalue weighted by Crippen LogP contribution is -2.52. The van der Waals surface area contributed by atoms with Gasteiger partial charge in [-0.25, -0.2) is 0 Å². The highest BCUT2D eigenvalue weighted by atomic mass is 28.4. The van der Waals surface area contributed by atoms with Gasteiger partial charge < -0.3 is 34.4 Å². The van der Waals surface area contributed by atoms with E-state index in [1.807, 2.05) is 27.7 Å². The van der Waals surface area contributed by atoms with Crippen LogP contribution in [0.15, 0.2) is 23.8 Å². The molecule has 328 valence electrons. The van der Waals surface area contributed by atoms with Crippen LogP contribution in [0.4, 0.5) is 0 Å². The third-order valence-corrected chi connectivity index (χ3v) is 17.9. The van der Waals surface area contributed by atoms with Crippen molar-refractivity contribution in [2.24, 2.45) is 23.7 Å². The predicted octanol–water partition coefficient (Wildman–Crippen LogP) is 8.96. The highest BCUT2D eigenvalue weighted by molar-refractivity contribution is 6.74. The van der Waals surface area contributed by atoms with Crippen molar-refractivity contribution in [2.45, 2.75) is 213 Å². The summed E-state index contributed by atoms with van der Waals surface area (Å²) in [6.45, 7) is 25.8. The summed E-state index contributed by atoms with van der Waals surface area (Å²) in [6, 6.07) is 0. The lowest BCUT2D eigenvalue weighted by Gasteiger charge is -2.48.